The van der Waals surface area contributed by atoms with Gasteiger partial charge < -0.3 is 14.8 Å². The Hall–Kier alpha value is -2.45. The summed E-state index contributed by atoms with van der Waals surface area (Å²) in [4.78, 5) is 29.2. The zero-order chi connectivity index (χ0) is 17.3. The molecule has 0 aliphatic carbocycles. The molecule has 1 amide bonds. The van der Waals surface area contributed by atoms with Crippen LogP contribution in [0.5, 0.6) is 0 Å². The number of carbonyl (C=O) groups is 1. The second-order valence-corrected chi connectivity index (χ2v) is 5.94. The first-order valence-electron chi connectivity index (χ1n) is 7.42. The maximum atomic E-state index is 12.9. The van der Waals surface area contributed by atoms with E-state index in [2.05, 4.69) is 10.3 Å². The zero-order valence-electron chi connectivity index (χ0n) is 13.0. The van der Waals surface area contributed by atoms with Crippen LogP contribution < -0.4 is 5.32 Å². The molecule has 1 aliphatic heterocycles. The number of halogens is 1. The molecule has 2 heterocycles. The van der Waals surface area contributed by atoms with Crippen LogP contribution >= 0.6 is 11.6 Å². The summed E-state index contributed by atoms with van der Waals surface area (Å²) in [6.07, 6.45) is 3.51. The Labute approximate surface area is 143 Å². The van der Waals surface area contributed by atoms with Crippen LogP contribution in [0.25, 0.3) is 0 Å². The predicted octanol–water partition coefficient (Wildman–Crippen LogP) is 1.77. The van der Waals surface area contributed by atoms with E-state index in [1.807, 2.05) is 17.8 Å². The number of non-ortho nitro benzene ring substituents is 1. The molecule has 1 unspecified atom stereocenters. The molecule has 1 aromatic carbocycles. The van der Waals surface area contributed by atoms with Crippen LogP contribution in [0.15, 0.2) is 30.6 Å². The Morgan fingerprint density at radius 3 is 2.92 bits per heavy atom. The molecular weight excluding hydrogens is 334 g/mol. The number of rotatable bonds is 3. The van der Waals surface area contributed by atoms with E-state index in [1.165, 1.54) is 18.2 Å². The molecular formula is C15H16ClN5O3. The minimum Gasteiger partial charge on any atom is -0.336 e. The van der Waals surface area contributed by atoms with Gasteiger partial charge in [-0.25, -0.2) is 4.98 Å². The smallest absolute Gasteiger partial charge is 0.270 e. The molecule has 0 bridgehead atoms. The van der Waals surface area contributed by atoms with Crippen molar-refractivity contribution >= 4 is 23.2 Å². The largest absolute Gasteiger partial charge is 0.336 e. The van der Waals surface area contributed by atoms with Gasteiger partial charge in [0.1, 0.15) is 11.9 Å². The third-order valence-electron chi connectivity index (χ3n) is 4.05. The number of nitro groups is 1. The minimum absolute atomic E-state index is 0.0753. The Morgan fingerprint density at radius 2 is 2.29 bits per heavy atom. The number of hydrogen-bond acceptors (Lipinski definition) is 5. The average molecular weight is 350 g/mol. The van der Waals surface area contributed by atoms with Crippen LogP contribution in [0, 0.1) is 10.1 Å². The zero-order valence-corrected chi connectivity index (χ0v) is 13.7. The lowest BCUT2D eigenvalue weighted by Gasteiger charge is -2.36. The van der Waals surface area contributed by atoms with E-state index in [0.717, 1.165) is 5.82 Å². The SMILES string of the molecule is Cn1ccnc1C1CNCCN1C(=O)c1ccc([N+](=O)[O-])cc1Cl. The lowest BCUT2D eigenvalue weighted by Crippen LogP contribution is -2.49. The summed E-state index contributed by atoms with van der Waals surface area (Å²) < 4.78 is 1.87. The van der Waals surface area contributed by atoms with Crippen LogP contribution in [-0.4, -0.2) is 44.9 Å². The highest BCUT2D eigenvalue weighted by molar-refractivity contribution is 6.34. The molecule has 1 aromatic heterocycles. The number of benzene rings is 1. The molecule has 3 rings (SSSR count). The van der Waals surface area contributed by atoms with Crippen molar-refractivity contribution in [2.45, 2.75) is 6.04 Å². The maximum Gasteiger partial charge on any atom is 0.270 e. The highest BCUT2D eigenvalue weighted by Gasteiger charge is 2.32. The van der Waals surface area contributed by atoms with E-state index in [4.69, 9.17) is 11.6 Å². The van der Waals surface area contributed by atoms with E-state index < -0.39 is 4.92 Å². The van der Waals surface area contributed by atoms with Gasteiger partial charge in [-0.15, -0.1) is 0 Å². The van der Waals surface area contributed by atoms with Crippen LogP contribution in [0.3, 0.4) is 0 Å². The number of nitro benzene ring substituents is 1. The van der Waals surface area contributed by atoms with Gasteiger partial charge in [-0.1, -0.05) is 11.6 Å². The third kappa shape index (κ3) is 2.98. The van der Waals surface area contributed by atoms with Crippen molar-refractivity contribution in [3.63, 3.8) is 0 Å². The van der Waals surface area contributed by atoms with Crippen molar-refractivity contribution in [3.05, 3.63) is 57.1 Å². The molecule has 1 N–H and O–H groups in total. The Morgan fingerprint density at radius 1 is 1.50 bits per heavy atom. The molecule has 24 heavy (non-hydrogen) atoms. The number of imidazole rings is 1. The molecule has 2 aromatic rings. The van der Waals surface area contributed by atoms with Crippen molar-refractivity contribution in [3.8, 4) is 0 Å². The van der Waals surface area contributed by atoms with E-state index in [9.17, 15) is 14.9 Å². The van der Waals surface area contributed by atoms with E-state index >= 15 is 0 Å². The number of nitrogens with one attached hydrogen (secondary N) is 1. The second-order valence-electron chi connectivity index (χ2n) is 5.54. The monoisotopic (exact) mass is 349 g/mol. The number of piperazine rings is 1. The van der Waals surface area contributed by atoms with Crippen molar-refractivity contribution in [1.29, 1.82) is 0 Å². The lowest BCUT2D eigenvalue weighted by atomic mass is 10.1. The molecule has 0 saturated carbocycles. The Bertz CT molecular complexity index is 791. The molecule has 1 saturated heterocycles. The fourth-order valence-corrected chi connectivity index (χ4v) is 3.08. The molecule has 0 radical (unpaired) electrons. The van der Waals surface area contributed by atoms with Gasteiger partial charge in [-0.3, -0.25) is 14.9 Å². The minimum atomic E-state index is -0.540. The summed E-state index contributed by atoms with van der Waals surface area (Å²) in [5.74, 6) is 0.512. The van der Waals surface area contributed by atoms with E-state index in [0.29, 0.717) is 19.6 Å². The second kappa shape index (κ2) is 6.58. The van der Waals surface area contributed by atoms with Crippen LogP contribution in [0.1, 0.15) is 22.2 Å². The standard InChI is InChI=1S/C15H16ClN5O3/c1-19-6-5-18-14(19)13-9-17-4-7-20(13)15(22)11-3-2-10(21(23)24)8-12(11)16/h2-3,5-6,8,13,17H,4,7,9H2,1H3. The summed E-state index contributed by atoms with van der Waals surface area (Å²) >= 11 is 6.10. The van der Waals surface area contributed by atoms with Crippen molar-refractivity contribution in [1.82, 2.24) is 19.8 Å². The van der Waals surface area contributed by atoms with Gasteiger partial charge in [-0.2, -0.15) is 0 Å². The van der Waals surface area contributed by atoms with Gasteiger partial charge in [0.05, 0.1) is 15.5 Å². The third-order valence-corrected chi connectivity index (χ3v) is 4.37. The number of aryl methyl sites for hydroxylation is 1. The van der Waals surface area contributed by atoms with Gasteiger partial charge >= 0.3 is 0 Å². The highest BCUT2D eigenvalue weighted by Crippen LogP contribution is 2.28. The number of amides is 1. The van der Waals surface area contributed by atoms with Gasteiger partial charge in [-0.05, 0) is 6.07 Å². The Kier molecular flexibility index (Phi) is 4.50. The normalized spacial score (nSPS) is 17.8. The van der Waals surface area contributed by atoms with Gasteiger partial charge in [0.15, 0.2) is 0 Å². The highest BCUT2D eigenvalue weighted by atomic mass is 35.5. The van der Waals surface area contributed by atoms with E-state index in [-0.39, 0.29) is 28.2 Å². The number of carbonyl (C=O) groups excluding carboxylic acids is 1. The predicted molar refractivity (Wildman–Crippen MR) is 88.0 cm³/mol. The fraction of sp³-hybridized carbons (Fsp3) is 0.333. The molecule has 0 spiro atoms. The maximum absolute atomic E-state index is 12.9. The first kappa shape index (κ1) is 16.4. The van der Waals surface area contributed by atoms with Crippen LogP contribution in [-0.2, 0) is 7.05 Å². The molecule has 8 nitrogen and oxygen atoms in total. The summed E-state index contributed by atoms with van der Waals surface area (Å²) in [6, 6.07) is 3.67. The summed E-state index contributed by atoms with van der Waals surface area (Å²) in [5.41, 5.74) is 0.112. The topological polar surface area (TPSA) is 93.3 Å². The van der Waals surface area contributed by atoms with Crippen molar-refractivity contribution in [2.75, 3.05) is 19.6 Å². The molecule has 126 valence electrons. The van der Waals surface area contributed by atoms with Gasteiger partial charge in [0.25, 0.3) is 11.6 Å². The van der Waals surface area contributed by atoms with E-state index in [1.54, 1.807) is 11.1 Å². The van der Waals surface area contributed by atoms with Gasteiger partial charge in [0.2, 0.25) is 0 Å². The molecule has 1 aliphatic rings. The summed E-state index contributed by atoms with van der Waals surface area (Å²) in [7, 11) is 1.87. The molecule has 9 heteroatoms. The fourth-order valence-electron chi connectivity index (χ4n) is 2.82. The summed E-state index contributed by atoms with van der Waals surface area (Å²) in [5, 5.41) is 14.1. The number of hydrogen-bond donors (Lipinski definition) is 1. The van der Waals surface area contributed by atoms with Crippen LogP contribution in [0.4, 0.5) is 5.69 Å². The number of aromatic nitrogens is 2. The van der Waals surface area contributed by atoms with Gasteiger partial charge in [0, 0.05) is 51.2 Å². The first-order valence-corrected chi connectivity index (χ1v) is 7.79. The first-order chi connectivity index (χ1) is 11.5. The van der Waals surface area contributed by atoms with Crippen molar-refractivity contribution < 1.29 is 9.72 Å². The molecule has 1 fully saturated rings. The quantitative estimate of drug-likeness (QED) is 0.673. The lowest BCUT2D eigenvalue weighted by molar-refractivity contribution is -0.384. The molecule has 1 atom stereocenters. The van der Waals surface area contributed by atoms with Crippen LogP contribution in [0.2, 0.25) is 5.02 Å². The average Bonchev–Trinajstić information content (AvgIpc) is 3.00. The number of nitrogens with zero attached hydrogens (tertiary/aromatic N) is 4. The summed E-state index contributed by atoms with van der Waals surface area (Å²) in [6.45, 7) is 1.75. The van der Waals surface area contributed by atoms with Crippen molar-refractivity contribution in [2.24, 2.45) is 7.05 Å². The Balaban J connectivity index is 1.92.